The Bertz CT molecular complexity index is 691. The number of ether oxygens (including phenoxy) is 1. The van der Waals surface area contributed by atoms with Crippen molar-refractivity contribution in [2.45, 2.75) is 44.4 Å². The van der Waals surface area contributed by atoms with Gasteiger partial charge in [-0.2, -0.15) is 0 Å². The van der Waals surface area contributed by atoms with Gasteiger partial charge in [-0.1, -0.05) is 54.6 Å². The zero-order valence-electron chi connectivity index (χ0n) is 16.2. The van der Waals surface area contributed by atoms with Gasteiger partial charge in [-0.3, -0.25) is 0 Å². The maximum absolute atomic E-state index is 10.6. The van der Waals surface area contributed by atoms with E-state index in [4.69, 9.17) is 4.74 Å². The van der Waals surface area contributed by atoms with Crippen molar-refractivity contribution in [1.82, 2.24) is 0 Å². The van der Waals surface area contributed by atoms with E-state index in [1.54, 1.807) is 0 Å². The van der Waals surface area contributed by atoms with Gasteiger partial charge in [0.1, 0.15) is 24.8 Å². The van der Waals surface area contributed by atoms with Crippen molar-refractivity contribution in [3.05, 3.63) is 71.3 Å². The Morgan fingerprint density at radius 2 is 1.81 bits per heavy atom. The highest BCUT2D eigenvalue weighted by Crippen LogP contribution is 2.28. The van der Waals surface area contributed by atoms with Crippen LogP contribution >= 0.6 is 0 Å². The lowest BCUT2D eigenvalue weighted by molar-refractivity contribution is -0.934. The predicted molar refractivity (Wildman–Crippen MR) is 107 cm³/mol. The number of rotatable bonds is 8. The summed E-state index contributed by atoms with van der Waals surface area (Å²) < 4.78 is 6.24. The Morgan fingerprint density at radius 3 is 2.56 bits per heavy atom. The summed E-state index contributed by atoms with van der Waals surface area (Å²) in [6, 6.07) is 18.7. The van der Waals surface area contributed by atoms with Crippen LogP contribution in [0.1, 0.15) is 42.1 Å². The van der Waals surface area contributed by atoms with Crippen molar-refractivity contribution < 1.29 is 19.8 Å². The zero-order valence-corrected chi connectivity index (χ0v) is 16.2. The fraction of sp³-hybridized carbons (Fsp3) is 0.478. The summed E-state index contributed by atoms with van der Waals surface area (Å²) in [7, 11) is 0. The Morgan fingerprint density at radius 1 is 1.07 bits per heavy atom. The third-order valence-corrected chi connectivity index (χ3v) is 5.62. The SMILES string of the molecule is Cc1ccccc1[C@H](OC[C@@H](O)C[NH+]1CCCC[C@@H]1CO)c1ccccc1. The van der Waals surface area contributed by atoms with Gasteiger partial charge in [0.15, 0.2) is 0 Å². The minimum Gasteiger partial charge on any atom is -0.390 e. The first-order valence-corrected chi connectivity index (χ1v) is 10.0. The van der Waals surface area contributed by atoms with E-state index >= 15 is 0 Å². The fourth-order valence-electron chi connectivity index (χ4n) is 4.08. The minimum absolute atomic E-state index is 0.188. The molecule has 0 aliphatic carbocycles. The molecule has 3 N–H and O–H groups in total. The van der Waals surface area contributed by atoms with Gasteiger partial charge in [0.25, 0.3) is 0 Å². The minimum atomic E-state index is -0.539. The van der Waals surface area contributed by atoms with Crippen LogP contribution in [0.3, 0.4) is 0 Å². The first-order chi connectivity index (χ1) is 13.2. The van der Waals surface area contributed by atoms with Crippen molar-refractivity contribution in [1.29, 1.82) is 0 Å². The van der Waals surface area contributed by atoms with Gasteiger partial charge in [-0.25, -0.2) is 0 Å². The molecule has 0 aromatic heterocycles. The highest BCUT2D eigenvalue weighted by Gasteiger charge is 2.28. The maximum atomic E-state index is 10.6. The van der Waals surface area contributed by atoms with Crippen molar-refractivity contribution in [3.63, 3.8) is 0 Å². The third-order valence-electron chi connectivity index (χ3n) is 5.62. The molecule has 1 fully saturated rings. The Balaban J connectivity index is 1.67. The summed E-state index contributed by atoms with van der Waals surface area (Å²) in [5.74, 6) is 0. The molecule has 0 bridgehead atoms. The molecule has 4 heteroatoms. The summed E-state index contributed by atoms with van der Waals surface area (Å²) in [5.41, 5.74) is 3.41. The maximum Gasteiger partial charge on any atom is 0.126 e. The fourth-order valence-corrected chi connectivity index (χ4v) is 4.08. The Kier molecular flexibility index (Phi) is 7.41. The van der Waals surface area contributed by atoms with Crippen LogP contribution in [-0.2, 0) is 4.74 Å². The molecule has 1 unspecified atom stereocenters. The summed E-state index contributed by atoms with van der Waals surface area (Å²) in [6.07, 6.45) is 2.64. The second-order valence-electron chi connectivity index (χ2n) is 7.62. The number of piperidine rings is 1. The molecule has 1 saturated heterocycles. The van der Waals surface area contributed by atoms with E-state index < -0.39 is 6.10 Å². The molecule has 146 valence electrons. The van der Waals surface area contributed by atoms with Crippen LogP contribution in [0.4, 0.5) is 0 Å². The number of aliphatic hydroxyl groups is 2. The number of quaternary nitrogens is 1. The van der Waals surface area contributed by atoms with E-state index in [0.29, 0.717) is 6.54 Å². The normalized spacial score (nSPS) is 22.3. The summed E-state index contributed by atoms with van der Waals surface area (Å²) in [4.78, 5) is 1.30. The van der Waals surface area contributed by atoms with Crippen LogP contribution in [0, 0.1) is 6.92 Å². The van der Waals surface area contributed by atoms with Crippen molar-refractivity contribution >= 4 is 0 Å². The first kappa shape index (κ1) is 20.0. The van der Waals surface area contributed by atoms with Crippen molar-refractivity contribution in [2.24, 2.45) is 0 Å². The number of nitrogens with one attached hydrogen (secondary N) is 1. The average Bonchev–Trinajstić information content (AvgIpc) is 2.70. The van der Waals surface area contributed by atoms with Gasteiger partial charge in [0.2, 0.25) is 0 Å². The van der Waals surface area contributed by atoms with Gasteiger partial charge in [-0.05, 0) is 36.5 Å². The Hall–Kier alpha value is -1.72. The molecule has 0 saturated carbocycles. The van der Waals surface area contributed by atoms with Gasteiger partial charge in [0, 0.05) is 6.42 Å². The van der Waals surface area contributed by atoms with E-state index in [2.05, 4.69) is 31.2 Å². The highest BCUT2D eigenvalue weighted by atomic mass is 16.5. The van der Waals surface area contributed by atoms with E-state index in [9.17, 15) is 10.2 Å². The number of hydrogen-bond donors (Lipinski definition) is 3. The number of hydrogen-bond acceptors (Lipinski definition) is 3. The molecule has 0 radical (unpaired) electrons. The monoisotopic (exact) mass is 370 g/mol. The molecule has 4 nitrogen and oxygen atoms in total. The molecule has 1 aliphatic rings. The average molecular weight is 371 g/mol. The number of benzene rings is 2. The van der Waals surface area contributed by atoms with Crippen LogP contribution in [0.2, 0.25) is 0 Å². The van der Waals surface area contributed by atoms with E-state index in [0.717, 1.165) is 30.5 Å². The van der Waals surface area contributed by atoms with E-state index in [1.807, 2.05) is 30.3 Å². The molecule has 27 heavy (non-hydrogen) atoms. The summed E-state index contributed by atoms with van der Waals surface area (Å²) in [5, 5.41) is 20.2. The summed E-state index contributed by atoms with van der Waals surface area (Å²) in [6.45, 7) is 4.21. The standard InChI is InChI=1S/C23H31NO3/c1-18-9-5-6-13-22(18)23(19-10-3-2-4-11-19)27-17-21(26)15-24-14-8-7-12-20(24)16-25/h2-6,9-11,13,20-21,23,25-26H,7-8,12,14-17H2,1H3/p+1/t20-,21+,23-/m1/s1. The second kappa shape index (κ2) is 10.00. The van der Waals surface area contributed by atoms with Crippen LogP contribution in [0.25, 0.3) is 0 Å². The van der Waals surface area contributed by atoms with Gasteiger partial charge in [0.05, 0.1) is 19.8 Å². The largest absolute Gasteiger partial charge is 0.390 e. The zero-order chi connectivity index (χ0) is 19.1. The third kappa shape index (κ3) is 5.39. The van der Waals surface area contributed by atoms with E-state index in [1.165, 1.54) is 16.9 Å². The lowest BCUT2D eigenvalue weighted by Gasteiger charge is -2.33. The molecule has 2 aromatic carbocycles. The number of aryl methyl sites for hydroxylation is 1. The topological polar surface area (TPSA) is 54.1 Å². The summed E-state index contributed by atoms with van der Waals surface area (Å²) >= 11 is 0. The van der Waals surface area contributed by atoms with Gasteiger partial charge in [-0.15, -0.1) is 0 Å². The molecule has 0 spiro atoms. The lowest BCUT2D eigenvalue weighted by atomic mass is 9.97. The number of aliphatic hydroxyl groups excluding tert-OH is 2. The van der Waals surface area contributed by atoms with E-state index in [-0.39, 0.29) is 25.4 Å². The molecule has 1 heterocycles. The van der Waals surface area contributed by atoms with Crippen molar-refractivity contribution in [3.8, 4) is 0 Å². The van der Waals surface area contributed by atoms with Crippen molar-refractivity contribution in [2.75, 3.05) is 26.3 Å². The lowest BCUT2D eigenvalue weighted by Crippen LogP contribution is -3.18. The van der Waals surface area contributed by atoms with Gasteiger partial charge < -0.3 is 19.8 Å². The number of likely N-dealkylation sites (tertiary alicyclic amines) is 1. The van der Waals surface area contributed by atoms with Crippen LogP contribution in [0.5, 0.6) is 0 Å². The molecular weight excluding hydrogens is 338 g/mol. The molecular formula is C23H32NO3+. The van der Waals surface area contributed by atoms with Crippen LogP contribution < -0.4 is 4.90 Å². The highest BCUT2D eigenvalue weighted by molar-refractivity contribution is 5.35. The molecule has 2 aromatic rings. The second-order valence-corrected chi connectivity index (χ2v) is 7.62. The smallest absolute Gasteiger partial charge is 0.126 e. The molecule has 3 rings (SSSR count). The molecule has 4 atom stereocenters. The quantitative estimate of drug-likeness (QED) is 0.665. The predicted octanol–water partition coefficient (Wildman–Crippen LogP) is 1.89. The molecule has 0 amide bonds. The molecule has 1 aliphatic heterocycles. The Labute approximate surface area is 162 Å². The van der Waals surface area contributed by atoms with Crippen LogP contribution in [-0.4, -0.2) is 48.7 Å². The first-order valence-electron chi connectivity index (χ1n) is 10.0. The van der Waals surface area contributed by atoms with Crippen LogP contribution in [0.15, 0.2) is 54.6 Å². The van der Waals surface area contributed by atoms with Gasteiger partial charge >= 0.3 is 0 Å².